The average molecular weight is 463 g/mol. The molecule has 3 aromatic heterocycles. The van der Waals surface area contributed by atoms with Gasteiger partial charge in [-0.2, -0.15) is 5.10 Å². The van der Waals surface area contributed by atoms with E-state index < -0.39 is 0 Å². The first-order chi connectivity index (χ1) is 14.5. The minimum atomic E-state index is 0.142. The Bertz CT molecular complexity index is 1010. The Hall–Kier alpha value is -1.94. The Kier molecular flexibility index (Phi) is 6.72. The summed E-state index contributed by atoms with van der Waals surface area (Å²) in [5, 5.41) is 13.7. The molecule has 7 nitrogen and oxygen atoms in total. The molecule has 0 atom stereocenters. The van der Waals surface area contributed by atoms with Gasteiger partial charge in [-0.15, -0.1) is 21.5 Å². The Balaban J connectivity index is 1.24. The molecule has 1 fully saturated rings. The van der Waals surface area contributed by atoms with Crippen molar-refractivity contribution in [3.8, 4) is 5.82 Å². The number of rotatable bonds is 6. The largest absolute Gasteiger partial charge is 0.339 e. The third-order valence-electron chi connectivity index (χ3n) is 4.93. The molecule has 0 radical (unpaired) electrons. The van der Waals surface area contributed by atoms with Gasteiger partial charge < -0.3 is 4.90 Å². The van der Waals surface area contributed by atoms with Crippen molar-refractivity contribution in [1.29, 1.82) is 0 Å². The van der Waals surface area contributed by atoms with Crippen molar-refractivity contribution in [3.05, 3.63) is 50.9 Å². The molecule has 1 saturated heterocycles. The van der Waals surface area contributed by atoms with Crippen LogP contribution in [-0.4, -0.2) is 67.6 Å². The van der Waals surface area contributed by atoms with Crippen LogP contribution in [-0.2, 0) is 11.3 Å². The van der Waals surface area contributed by atoms with Crippen molar-refractivity contribution >= 4 is 40.6 Å². The van der Waals surface area contributed by atoms with Gasteiger partial charge in [0.15, 0.2) is 5.82 Å². The zero-order chi connectivity index (χ0) is 21.1. The number of carbonyl (C=O) groups is 1. The molecule has 0 aliphatic carbocycles. The number of thioether (sulfide) groups is 1. The number of hydrogen-bond acceptors (Lipinski definition) is 7. The topological polar surface area (TPSA) is 67.2 Å². The van der Waals surface area contributed by atoms with Gasteiger partial charge >= 0.3 is 0 Å². The number of aromatic nitrogens is 4. The van der Waals surface area contributed by atoms with Crippen LogP contribution in [0.15, 0.2) is 35.4 Å². The molecular weight excluding hydrogens is 440 g/mol. The summed E-state index contributed by atoms with van der Waals surface area (Å²) in [6.07, 6.45) is 0. The molecule has 0 aromatic carbocycles. The monoisotopic (exact) mass is 462 g/mol. The van der Waals surface area contributed by atoms with Crippen molar-refractivity contribution < 1.29 is 4.79 Å². The number of amides is 1. The SMILES string of the molecule is Cc1cc(C)n(-c2ccc(SCC(=O)N3CCN(Cc4ccc(Cl)s4)CC3)nn2)n1. The third kappa shape index (κ3) is 5.21. The third-order valence-corrected chi connectivity index (χ3v) is 7.05. The summed E-state index contributed by atoms with van der Waals surface area (Å²) in [5.74, 6) is 1.19. The van der Waals surface area contributed by atoms with E-state index in [1.807, 2.05) is 43.0 Å². The lowest BCUT2D eigenvalue weighted by atomic mass is 10.3. The molecule has 1 amide bonds. The van der Waals surface area contributed by atoms with E-state index in [2.05, 4.69) is 26.3 Å². The normalized spacial score (nSPS) is 15.0. The maximum absolute atomic E-state index is 12.6. The Morgan fingerprint density at radius 2 is 1.93 bits per heavy atom. The first kappa shape index (κ1) is 21.3. The summed E-state index contributed by atoms with van der Waals surface area (Å²) in [6, 6.07) is 9.78. The van der Waals surface area contributed by atoms with E-state index >= 15 is 0 Å². The van der Waals surface area contributed by atoms with E-state index in [0.717, 1.165) is 53.5 Å². The number of thiophene rings is 1. The van der Waals surface area contributed by atoms with Crippen molar-refractivity contribution in [2.24, 2.45) is 0 Å². The van der Waals surface area contributed by atoms with Crippen molar-refractivity contribution in [3.63, 3.8) is 0 Å². The second kappa shape index (κ2) is 9.47. The quantitative estimate of drug-likeness (QED) is 0.523. The van der Waals surface area contributed by atoms with E-state index in [1.54, 1.807) is 16.0 Å². The molecule has 0 spiro atoms. The fraction of sp³-hybridized carbons (Fsp3) is 0.400. The molecule has 3 aromatic rings. The molecule has 0 unspecified atom stereocenters. The van der Waals surface area contributed by atoms with Gasteiger partial charge in [0, 0.05) is 43.3 Å². The van der Waals surface area contributed by atoms with E-state index in [9.17, 15) is 4.79 Å². The molecule has 0 bridgehead atoms. The van der Waals surface area contributed by atoms with Crippen molar-refractivity contribution in [1.82, 2.24) is 29.8 Å². The molecule has 1 aliphatic heterocycles. The van der Waals surface area contributed by atoms with E-state index in [1.165, 1.54) is 16.6 Å². The zero-order valence-corrected chi connectivity index (χ0v) is 19.3. The summed E-state index contributed by atoms with van der Waals surface area (Å²) < 4.78 is 2.59. The lowest BCUT2D eigenvalue weighted by Crippen LogP contribution is -2.48. The minimum absolute atomic E-state index is 0.142. The van der Waals surface area contributed by atoms with Gasteiger partial charge in [0.2, 0.25) is 5.91 Å². The number of nitrogens with zero attached hydrogens (tertiary/aromatic N) is 6. The standard InChI is InChI=1S/C20H23ClN6OS2/c1-14-11-15(2)27(24-14)18-5-6-19(23-22-18)29-13-20(28)26-9-7-25(8-10-26)12-16-3-4-17(21)30-16/h3-6,11H,7-10,12-13H2,1-2H3. The average Bonchev–Trinajstić information content (AvgIpc) is 3.31. The summed E-state index contributed by atoms with van der Waals surface area (Å²) in [5.41, 5.74) is 1.95. The molecule has 10 heteroatoms. The number of hydrogen-bond donors (Lipinski definition) is 0. The predicted octanol–water partition coefficient (Wildman–Crippen LogP) is 3.43. The first-order valence-electron chi connectivity index (χ1n) is 9.72. The Morgan fingerprint density at radius 1 is 1.13 bits per heavy atom. The highest BCUT2D eigenvalue weighted by Crippen LogP contribution is 2.23. The fourth-order valence-corrected chi connectivity index (χ4v) is 5.25. The number of piperazine rings is 1. The minimum Gasteiger partial charge on any atom is -0.339 e. The smallest absolute Gasteiger partial charge is 0.233 e. The highest BCUT2D eigenvalue weighted by atomic mass is 35.5. The summed E-state index contributed by atoms with van der Waals surface area (Å²) in [4.78, 5) is 18.1. The van der Waals surface area contributed by atoms with Crippen LogP contribution in [0.1, 0.15) is 16.3 Å². The zero-order valence-electron chi connectivity index (χ0n) is 16.9. The van der Waals surface area contributed by atoms with Gasteiger partial charge in [0.05, 0.1) is 15.8 Å². The molecule has 0 saturated carbocycles. The predicted molar refractivity (Wildman–Crippen MR) is 121 cm³/mol. The maximum atomic E-state index is 12.6. The molecular formula is C20H23ClN6OS2. The Labute approximate surface area is 189 Å². The lowest BCUT2D eigenvalue weighted by molar-refractivity contribution is -0.130. The Morgan fingerprint density at radius 3 is 2.53 bits per heavy atom. The van der Waals surface area contributed by atoms with Crippen LogP contribution in [0.25, 0.3) is 5.82 Å². The van der Waals surface area contributed by atoms with Gasteiger partial charge in [-0.25, -0.2) is 4.68 Å². The van der Waals surface area contributed by atoms with Gasteiger partial charge in [-0.3, -0.25) is 9.69 Å². The van der Waals surface area contributed by atoms with Crippen molar-refractivity contribution in [2.45, 2.75) is 25.4 Å². The van der Waals surface area contributed by atoms with E-state index in [-0.39, 0.29) is 5.91 Å². The van der Waals surface area contributed by atoms with Crippen LogP contribution in [0.2, 0.25) is 4.34 Å². The van der Waals surface area contributed by atoms with E-state index in [0.29, 0.717) is 11.6 Å². The van der Waals surface area contributed by atoms with Gasteiger partial charge in [0.1, 0.15) is 5.03 Å². The molecule has 1 aliphatic rings. The maximum Gasteiger partial charge on any atom is 0.233 e. The summed E-state index contributed by atoms with van der Waals surface area (Å²) in [7, 11) is 0. The van der Waals surface area contributed by atoms with E-state index in [4.69, 9.17) is 11.6 Å². The summed E-state index contributed by atoms with van der Waals surface area (Å²) in [6.45, 7) is 8.09. The van der Waals surface area contributed by atoms with Crippen LogP contribution in [0.5, 0.6) is 0 Å². The highest BCUT2D eigenvalue weighted by molar-refractivity contribution is 7.99. The first-order valence-corrected chi connectivity index (χ1v) is 11.9. The van der Waals surface area contributed by atoms with Gasteiger partial charge in [-0.1, -0.05) is 23.4 Å². The molecule has 4 rings (SSSR count). The number of carbonyl (C=O) groups excluding carboxylic acids is 1. The molecule has 0 N–H and O–H groups in total. The van der Waals surface area contributed by atoms with Crippen LogP contribution in [0.4, 0.5) is 0 Å². The fourth-order valence-electron chi connectivity index (χ4n) is 3.40. The van der Waals surface area contributed by atoms with Crippen LogP contribution >= 0.6 is 34.7 Å². The number of aryl methyl sites for hydroxylation is 2. The second-order valence-electron chi connectivity index (χ2n) is 7.22. The second-order valence-corrected chi connectivity index (χ2v) is 10.0. The molecule has 158 valence electrons. The van der Waals surface area contributed by atoms with Gasteiger partial charge in [0.25, 0.3) is 0 Å². The lowest BCUT2D eigenvalue weighted by Gasteiger charge is -2.34. The van der Waals surface area contributed by atoms with Crippen LogP contribution < -0.4 is 0 Å². The molecule has 4 heterocycles. The highest BCUT2D eigenvalue weighted by Gasteiger charge is 2.21. The van der Waals surface area contributed by atoms with Crippen molar-refractivity contribution in [2.75, 3.05) is 31.9 Å². The summed E-state index contributed by atoms with van der Waals surface area (Å²) >= 11 is 9.04. The number of halogens is 1. The van der Waals surface area contributed by atoms with Crippen LogP contribution in [0, 0.1) is 13.8 Å². The molecule has 30 heavy (non-hydrogen) atoms. The van der Waals surface area contributed by atoms with Crippen LogP contribution in [0.3, 0.4) is 0 Å². The van der Waals surface area contributed by atoms with Gasteiger partial charge in [-0.05, 0) is 44.2 Å².